The van der Waals surface area contributed by atoms with E-state index in [2.05, 4.69) is 37.1 Å². The van der Waals surface area contributed by atoms with Crippen molar-refractivity contribution in [2.45, 2.75) is 45.4 Å². The number of carbonyl (C=O) groups excluding carboxylic acids is 1. The van der Waals surface area contributed by atoms with E-state index in [0.717, 1.165) is 40.4 Å². The number of Topliss-reactive ketones (excluding diaryl/α,β-unsaturated/α-hetero) is 1. The van der Waals surface area contributed by atoms with Crippen molar-refractivity contribution < 1.29 is 4.79 Å². The van der Waals surface area contributed by atoms with Gasteiger partial charge in [0, 0.05) is 22.7 Å². The predicted molar refractivity (Wildman–Crippen MR) is 103 cm³/mol. The number of anilines is 1. The summed E-state index contributed by atoms with van der Waals surface area (Å²) in [5.41, 5.74) is 4.38. The van der Waals surface area contributed by atoms with E-state index in [9.17, 15) is 4.79 Å². The zero-order chi connectivity index (χ0) is 17.8. The number of hydrogen-bond acceptors (Lipinski definition) is 4. The molecule has 0 saturated heterocycles. The second kappa shape index (κ2) is 5.68. The average molecular weight is 373 g/mol. The highest BCUT2D eigenvalue weighted by atomic mass is 35.5. The van der Waals surface area contributed by atoms with Gasteiger partial charge in [0.1, 0.15) is 5.82 Å². The molecule has 2 aromatic rings. The zero-order valence-corrected chi connectivity index (χ0v) is 16.2. The van der Waals surface area contributed by atoms with E-state index >= 15 is 0 Å². The van der Waals surface area contributed by atoms with Gasteiger partial charge in [-0.2, -0.15) is 0 Å². The van der Waals surface area contributed by atoms with Crippen LogP contribution in [0.4, 0.5) is 5.82 Å². The summed E-state index contributed by atoms with van der Waals surface area (Å²) in [7, 11) is 0. The molecule has 25 heavy (non-hydrogen) atoms. The number of nitrogens with one attached hydrogen (secondary N) is 1. The van der Waals surface area contributed by atoms with Crippen molar-refractivity contribution in [1.82, 2.24) is 4.98 Å². The van der Waals surface area contributed by atoms with Crippen LogP contribution in [0.2, 0.25) is 5.02 Å². The Morgan fingerprint density at radius 1 is 1.32 bits per heavy atom. The van der Waals surface area contributed by atoms with Gasteiger partial charge in [0.15, 0.2) is 5.78 Å². The molecule has 130 valence electrons. The van der Waals surface area contributed by atoms with Gasteiger partial charge in [-0.05, 0) is 36.0 Å². The maximum atomic E-state index is 13.3. The Balaban J connectivity index is 2.04. The molecule has 1 aliphatic heterocycles. The fourth-order valence-electron chi connectivity index (χ4n) is 4.39. The van der Waals surface area contributed by atoms with Gasteiger partial charge in [-0.25, -0.2) is 4.98 Å². The molecule has 2 aliphatic rings. The quantitative estimate of drug-likeness (QED) is 0.750. The van der Waals surface area contributed by atoms with Gasteiger partial charge in [0.25, 0.3) is 0 Å². The zero-order valence-electron chi connectivity index (χ0n) is 14.6. The van der Waals surface area contributed by atoms with E-state index in [1.54, 1.807) is 11.3 Å². The maximum Gasteiger partial charge on any atom is 0.162 e. The summed E-state index contributed by atoms with van der Waals surface area (Å²) in [6.07, 6.45) is 2.23. The summed E-state index contributed by atoms with van der Waals surface area (Å²) < 4.78 is 0. The summed E-state index contributed by atoms with van der Waals surface area (Å²) in [4.78, 5) is 18.9. The van der Waals surface area contributed by atoms with Crippen molar-refractivity contribution in [3.8, 4) is 0 Å². The van der Waals surface area contributed by atoms with E-state index in [0.29, 0.717) is 11.4 Å². The van der Waals surface area contributed by atoms with Crippen LogP contribution in [0.25, 0.3) is 0 Å². The highest BCUT2D eigenvalue weighted by molar-refractivity contribution is 7.10. The summed E-state index contributed by atoms with van der Waals surface area (Å²) in [6.45, 7) is 6.45. The molecule has 3 nitrogen and oxygen atoms in total. The largest absolute Gasteiger partial charge is 0.342 e. The lowest BCUT2D eigenvalue weighted by Gasteiger charge is -2.44. The van der Waals surface area contributed by atoms with Gasteiger partial charge in [-0.15, -0.1) is 11.3 Å². The summed E-state index contributed by atoms with van der Waals surface area (Å²) in [5.74, 6) is 1.12. The van der Waals surface area contributed by atoms with Crippen molar-refractivity contribution in [3.63, 3.8) is 0 Å². The Morgan fingerprint density at radius 2 is 2.12 bits per heavy atom. The summed E-state index contributed by atoms with van der Waals surface area (Å²) >= 11 is 7.92. The molecule has 1 aliphatic carbocycles. The maximum absolute atomic E-state index is 13.3. The second-order valence-corrected chi connectivity index (χ2v) is 9.01. The Bertz CT molecular complexity index is 899. The van der Waals surface area contributed by atoms with Crippen LogP contribution in [0.15, 0.2) is 41.0 Å². The van der Waals surface area contributed by atoms with Crippen molar-refractivity contribution in [2.75, 3.05) is 5.32 Å². The molecule has 0 radical (unpaired) electrons. The Morgan fingerprint density at radius 3 is 2.84 bits per heavy atom. The fourth-order valence-corrected chi connectivity index (χ4v) is 5.62. The third kappa shape index (κ3) is 2.46. The van der Waals surface area contributed by atoms with E-state index in [1.807, 2.05) is 23.7 Å². The number of aromatic nitrogens is 1. The first-order valence-electron chi connectivity index (χ1n) is 8.61. The minimum Gasteiger partial charge on any atom is -0.342 e. The number of benzene rings is 1. The second-order valence-electron chi connectivity index (χ2n) is 7.72. The third-order valence-electron chi connectivity index (χ3n) is 5.37. The minimum atomic E-state index is -0.463. The number of nitrogens with zero attached hydrogens (tertiary/aromatic N) is 1. The van der Waals surface area contributed by atoms with E-state index in [-0.39, 0.29) is 11.2 Å². The normalized spacial score (nSPS) is 24.6. The van der Waals surface area contributed by atoms with Gasteiger partial charge in [-0.1, -0.05) is 44.5 Å². The molecule has 0 saturated carbocycles. The lowest BCUT2D eigenvalue weighted by atomic mass is 9.62. The van der Waals surface area contributed by atoms with Gasteiger partial charge >= 0.3 is 0 Å². The number of carbonyl (C=O) groups is 1. The molecule has 0 amide bonds. The van der Waals surface area contributed by atoms with Crippen LogP contribution in [0.5, 0.6) is 0 Å². The molecule has 0 unspecified atom stereocenters. The standard InChI is InChI=1S/C20H21ClN2OS/c1-4-20(12-6-5-7-13(21)8-12)16-14(9-19(2,3)10-15(16)24)23-18-17(20)25-11-22-18/h5-8,11,23H,4,9-10H2,1-3H3/t20-/m1/s1. The van der Waals surface area contributed by atoms with E-state index in [1.165, 1.54) is 0 Å². The molecule has 1 aromatic heterocycles. The Hall–Kier alpha value is -1.65. The molecule has 0 bridgehead atoms. The molecular weight excluding hydrogens is 352 g/mol. The fraction of sp³-hybridized carbons (Fsp3) is 0.400. The first kappa shape index (κ1) is 16.8. The smallest absolute Gasteiger partial charge is 0.162 e. The molecule has 0 spiro atoms. The van der Waals surface area contributed by atoms with Gasteiger partial charge < -0.3 is 5.32 Å². The SMILES string of the molecule is CC[C@@]1(c2cccc(Cl)c2)C2=C(CC(C)(C)CC2=O)Nc2ncsc21. The summed E-state index contributed by atoms with van der Waals surface area (Å²) in [5, 5.41) is 4.16. The molecule has 5 heteroatoms. The van der Waals surface area contributed by atoms with Crippen LogP contribution in [0, 0.1) is 5.41 Å². The van der Waals surface area contributed by atoms with E-state index in [4.69, 9.17) is 11.6 Å². The first-order chi connectivity index (χ1) is 11.9. The van der Waals surface area contributed by atoms with Crippen LogP contribution < -0.4 is 5.32 Å². The number of allylic oxidation sites excluding steroid dienone is 2. The van der Waals surface area contributed by atoms with Gasteiger partial charge in [0.05, 0.1) is 15.8 Å². The number of fused-ring (bicyclic) bond motifs is 1. The molecule has 1 aromatic carbocycles. The molecule has 0 fully saturated rings. The minimum absolute atomic E-state index is 0.0374. The topological polar surface area (TPSA) is 42.0 Å². The van der Waals surface area contributed by atoms with Crippen LogP contribution in [-0.2, 0) is 10.2 Å². The van der Waals surface area contributed by atoms with Crippen molar-refractivity contribution >= 4 is 34.5 Å². The monoisotopic (exact) mass is 372 g/mol. The van der Waals surface area contributed by atoms with Crippen molar-refractivity contribution in [3.05, 3.63) is 56.5 Å². The van der Waals surface area contributed by atoms with Crippen molar-refractivity contribution in [2.24, 2.45) is 5.41 Å². The van der Waals surface area contributed by atoms with Crippen LogP contribution in [0.1, 0.15) is 50.5 Å². The van der Waals surface area contributed by atoms with Crippen molar-refractivity contribution in [1.29, 1.82) is 0 Å². The Labute approximate surface area is 157 Å². The highest BCUT2D eigenvalue weighted by Gasteiger charge is 2.50. The number of ketones is 1. The molecular formula is C20H21ClN2OS. The lowest BCUT2D eigenvalue weighted by molar-refractivity contribution is -0.118. The van der Waals surface area contributed by atoms with Crippen LogP contribution >= 0.6 is 22.9 Å². The number of hydrogen-bond donors (Lipinski definition) is 1. The van der Waals surface area contributed by atoms with Crippen LogP contribution in [-0.4, -0.2) is 10.8 Å². The average Bonchev–Trinajstić information content (AvgIpc) is 3.00. The van der Waals surface area contributed by atoms with E-state index < -0.39 is 5.41 Å². The molecule has 4 rings (SSSR count). The summed E-state index contributed by atoms with van der Waals surface area (Å²) in [6, 6.07) is 7.93. The number of rotatable bonds is 2. The molecule has 2 heterocycles. The van der Waals surface area contributed by atoms with Gasteiger partial charge in [-0.3, -0.25) is 4.79 Å². The lowest BCUT2D eigenvalue weighted by Crippen LogP contribution is -2.42. The van der Waals surface area contributed by atoms with Crippen LogP contribution in [0.3, 0.4) is 0 Å². The van der Waals surface area contributed by atoms with Gasteiger partial charge in [0.2, 0.25) is 0 Å². The highest BCUT2D eigenvalue weighted by Crippen LogP contribution is 2.55. The number of thiazole rings is 1. The first-order valence-corrected chi connectivity index (χ1v) is 9.87. The predicted octanol–water partition coefficient (Wildman–Crippen LogP) is 5.56. The molecule has 1 atom stereocenters. The number of halogens is 1. The third-order valence-corrected chi connectivity index (χ3v) is 6.60. The Kier molecular flexibility index (Phi) is 3.82. The molecule has 1 N–H and O–H groups in total.